The van der Waals surface area contributed by atoms with Crippen LogP contribution in [0, 0.1) is 13.8 Å². The number of rotatable bonds is 8. The summed E-state index contributed by atoms with van der Waals surface area (Å²) in [4.78, 5) is 24.8. The number of hydrogen-bond acceptors (Lipinski definition) is 6. The molecule has 3 heterocycles. The highest BCUT2D eigenvalue weighted by Crippen LogP contribution is 2.26. The Hall–Kier alpha value is -2.09. The van der Waals surface area contributed by atoms with Crippen LogP contribution in [0.1, 0.15) is 32.9 Å². The van der Waals surface area contributed by atoms with Crippen molar-refractivity contribution < 1.29 is 4.79 Å². The van der Waals surface area contributed by atoms with Gasteiger partial charge in [0.15, 0.2) is 0 Å². The van der Waals surface area contributed by atoms with Crippen LogP contribution in [0.3, 0.4) is 0 Å². The summed E-state index contributed by atoms with van der Waals surface area (Å²) in [6.45, 7) is 5.04. The van der Waals surface area contributed by atoms with Gasteiger partial charge in [-0.05, 0) is 55.4 Å². The third kappa shape index (κ3) is 5.69. The molecule has 0 saturated heterocycles. The standard InChI is InChI=1S/C20H24N4OS2/c1-14-15(2)27-20(22-14)18(10-16-7-9-26-13-16)23-19(25)12-24(3)11-17-6-4-5-8-21-17/h4-9,13,18H,10-12H2,1-3H3,(H,23,25)/t18-/m1/s1. The lowest BCUT2D eigenvalue weighted by molar-refractivity contribution is -0.122. The van der Waals surface area contributed by atoms with Crippen molar-refractivity contribution in [1.29, 1.82) is 0 Å². The molecule has 0 radical (unpaired) electrons. The summed E-state index contributed by atoms with van der Waals surface area (Å²) in [5.41, 5.74) is 3.21. The van der Waals surface area contributed by atoms with E-state index in [2.05, 4.69) is 39.0 Å². The van der Waals surface area contributed by atoms with E-state index >= 15 is 0 Å². The van der Waals surface area contributed by atoms with Gasteiger partial charge in [0.1, 0.15) is 5.01 Å². The maximum Gasteiger partial charge on any atom is 0.234 e. The lowest BCUT2D eigenvalue weighted by Gasteiger charge is -2.20. The van der Waals surface area contributed by atoms with Crippen LogP contribution in [0.15, 0.2) is 41.2 Å². The van der Waals surface area contributed by atoms with Gasteiger partial charge < -0.3 is 5.32 Å². The van der Waals surface area contributed by atoms with E-state index in [-0.39, 0.29) is 11.9 Å². The zero-order valence-electron chi connectivity index (χ0n) is 15.8. The second-order valence-electron chi connectivity index (χ2n) is 6.64. The Morgan fingerprint density at radius 2 is 2.15 bits per heavy atom. The van der Waals surface area contributed by atoms with Gasteiger partial charge in [0.25, 0.3) is 0 Å². The van der Waals surface area contributed by atoms with E-state index in [1.807, 2.05) is 37.1 Å². The number of pyridine rings is 1. The molecule has 3 rings (SSSR count). The molecule has 0 bridgehead atoms. The van der Waals surface area contributed by atoms with Crippen LogP contribution in [-0.4, -0.2) is 34.4 Å². The average Bonchev–Trinajstić information content (AvgIpc) is 3.25. The molecule has 7 heteroatoms. The zero-order chi connectivity index (χ0) is 19.2. The molecule has 142 valence electrons. The second-order valence-corrected chi connectivity index (χ2v) is 8.66. The fourth-order valence-electron chi connectivity index (χ4n) is 2.80. The largest absolute Gasteiger partial charge is 0.345 e. The molecule has 0 unspecified atom stereocenters. The number of hydrogen-bond donors (Lipinski definition) is 1. The van der Waals surface area contributed by atoms with Crippen LogP contribution in [0.25, 0.3) is 0 Å². The lowest BCUT2D eigenvalue weighted by Crippen LogP contribution is -2.37. The van der Waals surface area contributed by atoms with Gasteiger partial charge in [-0.2, -0.15) is 11.3 Å². The molecule has 0 fully saturated rings. The third-order valence-electron chi connectivity index (χ3n) is 4.27. The highest BCUT2D eigenvalue weighted by Gasteiger charge is 2.20. The predicted molar refractivity (Wildman–Crippen MR) is 111 cm³/mol. The maximum atomic E-state index is 12.7. The van der Waals surface area contributed by atoms with E-state index in [9.17, 15) is 4.79 Å². The Morgan fingerprint density at radius 1 is 1.30 bits per heavy atom. The van der Waals surface area contributed by atoms with Gasteiger partial charge in [-0.25, -0.2) is 4.98 Å². The summed E-state index contributed by atoms with van der Waals surface area (Å²) in [7, 11) is 1.93. The fraction of sp³-hybridized carbons (Fsp3) is 0.350. The quantitative estimate of drug-likeness (QED) is 0.626. The number of nitrogens with zero attached hydrogens (tertiary/aromatic N) is 3. The van der Waals surface area contributed by atoms with Gasteiger partial charge in [0.2, 0.25) is 5.91 Å². The van der Waals surface area contributed by atoms with Crippen molar-refractivity contribution in [3.63, 3.8) is 0 Å². The van der Waals surface area contributed by atoms with E-state index in [4.69, 9.17) is 0 Å². The van der Waals surface area contributed by atoms with Crippen LogP contribution >= 0.6 is 22.7 Å². The van der Waals surface area contributed by atoms with Gasteiger partial charge in [0, 0.05) is 24.0 Å². The molecule has 0 spiro atoms. The van der Waals surface area contributed by atoms with Gasteiger partial charge in [-0.3, -0.25) is 14.7 Å². The van der Waals surface area contributed by atoms with Crippen LogP contribution in [-0.2, 0) is 17.8 Å². The van der Waals surface area contributed by atoms with E-state index in [0.717, 1.165) is 22.8 Å². The first-order valence-corrected chi connectivity index (χ1v) is 10.6. The first-order chi connectivity index (χ1) is 13.0. The molecule has 0 aliphatic rings. The van der Waals surface area contributed by atoms with Gasteiger partial charge in [-0.15, -0.1) is 11.3 Å². The van der Waals surface area contributed by atoms with Crippen LogP contribution in [0.4, 0.5) is 0 Å². The van der Waals surface area contributed by atoms with E-state index in [1.54, 1.807) is 28.9 Å². The van der Waals surface area contributed by atoms with Crippen molar-refractivity contribution in [2.45, 2.75) is 32.9 Å². The lowest BCUT2D eigenvalue weighted by atomic mass is 10.1. The molecule has 1 atom stereocenters. The molecule has 0 aliphatic carbocycles. The molecule has 0 aromatic carbocycles. The Labute approximate surface area is 168 Å². The van der Waals surface area contributed by atoms with Crippen molar-refractivity contribution in [3.05, 3.63) is 68.1 Å². The molecule has 5 nitrogen and oxygen atoms in total. The Balaban J connectivity index is 1.64. The Morgan fingerprint density at radius 3 is 2.78 bits per heavy atom. The Bertz CT molecular complexity index is 842. The van der Waals surface area contributed by atoms with Crippen LogP contribution in [0.5, 0.6) is 0 Å². The first-order valence-electron chi connectivity index (χ1n) is 8.84. The van der Waals surface area contributed by atoms with Crippen molar-refractivity contribution in [2.24, 2.45) is 0 Å². The fourth-order valence-corrected chi connectivity index (χ4v) is 4.46. The molecular weight excluding hydrogens is 376 g/mol. The number of aryl methyl sites for hydroxylation is 2. The monoisotopic (exact) mass is 400 g/mol. The van der Waals surface area contributed by atoms with Gasteiger partial charge in [0.05, 0.1) is 24.0 Å². The summed E-state index contributed by atoms with van der Waals surface area (Å²) in [6, 6.07) is 7.82. The SMILES string of the molecule is Cc1nc([C@@H](Cc2ccsc2)NC(=O)CN(C)Cc2ccccn2)sc1C. The zero-order valence-corrected chi connectivity index (χ0v) is 17.4. The minimum Gasteiger partial charge on any atom is -0.345 e. The van der Waals surface area contributed by atoms with Crippen molar-refractivity contribution in [2.75, 3.05) is 13.6 Å². The number of aromatic nitrogens is 2. The normalized spacial score (nSPS) is 12.3. The van der Waals surface area contributed by atoms with Crippen molar-refractivity contribution >= 4 is 28.6 Å². The summed E-state index contributed by atoms with van der Waals surface area (Å²) in [5, 5.41) is 8.34. The topological polar surface area (TPSA) is 58.1 Å². The minimum atomic E-state index is -0.104. The highest BCUT2D eigenvalue weighted by molar-refractivity contribution is 7.11. The molecule has 0 aliphatic heterocycles. The molecule has 1 amide bonds. The van der Waals surface area contributed by atoms with E-state index in [0.29, 0.717) is 13.1 Å². The number of likely N-dealkylation sites (N-methyl/N-ethyl adjacent to an activating group) is 1. The number of carbonyl (C=O) groups excluding carboxylic acids is 1. The maximum absolute atomic E-state index is 12.7. The van der Waals surface area contributed by atoms with Crippen molar-refractivity contribution in [1.82, 2.24) is 20.2 Å². The molecule has 3 aromatic rings. The smallest absolute Gasteiger partial charge is 0.234 e. The van der Waals surface area contributed by atoms with E-state index in [1.165, 1.54) is 10.4 Å². The van der Waals surface area contributed by atoms with Gasteiger partial charge >= 0.3 is 0 Å². The highest BCUT2D eigenvalue weighted by atomic mass is 32.1. The van der Waals surface area contributed by atoms with Gasteiger partial charge in [-0.1, -0.05) is 6.07 Å². The summed E-state index contributed by atoms with van der Waals surface area (Å²) >= 11 is 3.33. The number of carbonyl (C=O) groups is 1. The van der Waals surface area contributed by atoms with E-state index < -0.39 is 0 Å². The first kappa shape index (κ1) is 19.7. The average molecular weight is 401 g/mol. The predicted octanol–water partition coefficient (Wildman–Crippen LogP) is 3.75. The summed E-state index contributed by atoms with van der Waals surface area (Å²) in [5.74, 6) is -0.000771. The summed E-state index contributed by atoms with van der Waals surface area (Å²) in [6.07, 6.45) is 2.53. The minimum absolute atomic E-state index is 0.000771. The number of amides is 1. The van der Waals surface area contributed by atoms with Crippen LogP contribution in [0.2, 0.25) is 0 Å². The Kier molecular flexibility index (Phi) is 6.71. The van der Waals surface area contributed by atoms with Crippen LogP contribution < -0.4 is 5.32 Å². The molecule has 1 N–H and O–H groups in total. The van der Waals surface area contributed by atoms with Crippen molar-refractivity contribution in [3.8, 4) is 0 Å². The third-order valence-corrected chi connectivity index (χ3v) is 6.19. The number of thiazole rings is 1. The molecule has 3 aromatic heterocycles. The second kappa shape index (κ2) is 9.21. The molecule has 0 saturated carbocycles. The number of nitrogens with one attached hydrogen (secondary N) is 1. The summed E-state index contributed by atoms with van der Waals surface area (Å²) < 4.78 is 0. The molecule has 27 heavy (non-hydrogen) atoms. The number of thiophene rings is 1. The molecular formula is C20H24N4OS2.